The summed E-state index contributed by atoms with van der Waals surface area (Å²) in [6, 6.07) is 12.5. The first kappa shape index (κ1) is 19.6. The van der Waals surface area contributed by atoms with Crippen LogP contribution in [0.4, 0.5) is 8.78 Å². The predicted octanol–water partition coefficient (Wildman–Crippen LogP) is 6.91. The molecular formula is C24H25F2S+. The lowest BCUT2D eigenvalue weighted by molar-refractivity contribution is 0.577. The summed E-state index contributed by atoms with van der Waals surface area (Å²) >= 11 is 0. The van der Waals surface area contributed by atoms with Crippen LogP contribution < -0.4 is 0 Å². The first-order valence-corrected chi connectivity index (χ1v) is 10.3. The standard InChI is InChI=1S/C24H25F2S/c1-14-7-22(8-15(2)18(14)5)27(24-12-20(25)11-21(26)13-24)23-9-16(3)19(6)17(4)10-23/h7-13H,1-6H3/q+1. The van der Waals surface area contributed by atoms with E-state index in [1.165, 1.54) is 45.5 Å². The number of halogens is 2. The van der Waals surface area contributed by atoms with E-state index in [1.807, 2.05) is 0 Å². The molecule has 3 aromatic carbocycles. The third-order valence-electron chi connectivity index (χ3n) is 5.34. The van der Waals surface area contributed by atoms with E-state index in [2.05, 4.69) is 65.8 Å². The zero-order valence-corrected chi connectivity index (χ0v) is 17.5. The average molecular weight is 384 g/mol. The highest BCUT2D eigenvalue weighted by Gasteiger charge is 2.31. The average Bonchev–Trinajstić information content (AvgIpc) is 2.56. The van der Waals surface area contributed by atoms with Crippen molar-refractivity contribution < 1.29 is 8.78 Å². The van der Waals surface area contributed by atoms with Crippen molar-refractivity contribution in [3.05, 3.63) is 87.5 Å². The number of benzene rings is 3. The van der Waals surface area contributed by atoms with Crippen LogP contribution in [0.3, 0.4) is 0 Å². The van der Waals surface area contributed by atoms with Crippen molar-refractivity contribution in [2.24, 2.45) is 0 Å². The summed E-state index contributed by atoms with van der Waals surface area (Å²) < 4.78 is 28.1. The Balaban J connectivity index is 2.30. The Bertz CT molecular complexity index is 897. The van der Waals surface area contributed by atoms with Gasteiger partial charge in [-0.25, -0.2) is 8.78 Å². The highest BCUT2D eigenvalue weighted by atomic mass is 32.2. The Kier molecular flexibility index (Phi) is 5.43. The van der Waals surface area contributed by atoms with Gasteiger partial charge in [-0.15, -0.1) is 0 Å². The maximum absolute atomic E-state index is 14.0. The summed E-state index contributed by atoms with van der Waals surface area (Å²) in [6.45, 7) is 12.6. The fraction of sp³-hybridized carbons (Fsp3) is 0.250. The van der Waals surface area contributed by atoms with Crippen LogP contribution >= 0.6 is 0 Å². The Morgan fingerprint density at radius 2 is 0.778 bits per heavy atom. The molecule has 0 amide bonds. The highest BCUT2D eigenvalue weighted by Crippen LogP contribution is 2.35. The van der Waals surface area contributed by atoms with E-state index in [-0.39, 0.29) is 0 Å². The van der Waals surface area contributed by atoms with Crippen LogP contribution in [-0.4, -0.2) is 0 Å². The molecule has 0 unspecified atom stereocenters. The number of hydrogen-bond acceptors (Lipinski definition) is 0. The quantitative estimate of drug-likeness (QED) is 0.431. The first-order chi connectivity index (χ1) is 12.7. The van der Waals surface area contributed by atoms with Crippen molar-refractivity contribution >= 4 is 10.9 Å². The van der Waals surface area contributed by atoms with E-state index in [1.54, 1.807) is 0 Å². The summed E-state index contributed by atoms with van der Waals surface area (Å²) in [5.41, 5.74) is 7.28. The van der Waals surface area contributed by atoms with Crippen LogP contribution in [0.15, 0.2) is 57.2 Å². The zero-order chi connectivity index (χ0) is 19.9. The predicted molar refractivity (Wildman–Crippen MR) is 110 cm³/mol. The summed E-state index contributed by atoms with van der Waals surface area (Å²) in [5.74, 6) is -1.08. The molecule has 0 aliphatic heterocycles. The normalized spacial score (nSPS) is 11.3. The molecule has 0 heterocycles. The van der Waals surface area contributed by atoms with Crippen LogP contribution in [-0.2, 0) is 10.9 Å². The molecule has 140 valence electrons. The maximum atomic E-state index is 14.0. The van der Waals surface area contributed by atoms with Crippen LogP contribution in [0.5, 0.6) is 0 Å². The highest BCUT2D eigenvalue weighted by molar-refractivity contribution is 7.97. The molecule has 0 aromatic heterocycles. The van der Waals surface area contributed by atoms with Crippen LogP contribution in [0.1, 0.15) is 33.4 Å². The lowest BCUT2D eigenvalue weighted by Gasteiger charge is -2.14. The largest absolute Gasteiger partial charge is 0.207 e. The van der Waals surface area contributed by atoms with E-state index < -0.39 is 22.5 Å². The first-order valence-electron chi connectivity index (χ1n) is 9.03. The molecule has 27 heavy (non-hydrogen) atoms. The summed E-state index contributed by atoms with van der Waals surface area (Å²) in [7, 11) is -0.573. The minimum Gasteiger partial charge on any atom is -0.207 e. The van der Waals surface area contributed by atoms with Crippen LogP contribution in [0.25, 0.3) is 0 Å². The maximum Gasteiger partial charge on any atom is 0.172 e. The van der Waals surface area contributed by atoms with Crippen molar-refractivity contribution in [2.45, 2.75) is 56.2 Å². The van der Waals surface area contributed by atoms with Gasteiger partial charge in [0, 0.05) is 18.2 Å². The smallest absolute Gasteiger partial charge is 0.172 e. The fourth-order valence-corrected chi connectivity index (χ4v) is 5.74. The molecule has 0 saturated heterocycles. The van der Waals surface area contributed by atoms with Crippen molar-refractivity contribution in [3.63, 3.8) is 0 Å². The van der Waals surface area contributed by atoms with E-state index in [0.717, 1.165) is 15.9 Å². The zero-order valence-electron chi connectivity index (χ0n) is 16.7. The summed E-state index contributed by atoms with van der Waals surface area (Å²) in [6.07, 6.45) is 0. The molecule has 0 spiro atoms. The van der Waals surface area contributed by atoms with Gasteiger partial charge in [-0.3, -0.25) is 0 Å². The van der Waals surface area contributed by atoms with E-state index >= 15 is 0 Å². The molecule has 0 aliphatic carbocycles. The SMILES string of the molecule is Cc1cc([S+](c2cc(F)cc(F)c2)c2cc(C)c(C)c(C)c2)cc(C)c1C. The van der Waals surface area contributed by atoms with Gasteiger partial charge in [0.05, 0.1) is 10.9 Å². The molecule has 0 aliphatic rings. The van der Waals surface area contributed by atoms with E-state index in [0.29, 0.717) is 4.90 Å². The minimum absolute atomic E-state index is 0.538. The van der Waals surface area contributed by atoms with E-state index in [4.69, 9.17) is 0 Å². The molecule has 0 nitrogen and oxygen atoms in total. The Labute approximate surface area is 163 Å². The molecular weight excluding hydrogens is 358 g/mol. The number of aryl methyl sites for hydroxylation is 4. The fourth-order valence-electron chi connectivity index (χ4n) is 3.28. The lowest BCUT2D eigenvalue weighted by Crippen LogP contribution is -2.08. The molecule has 3 aromatic rings. The Morgan fingerprint density at radius 1 is 0.481 bits per heavy atom. The number of rotatable bonds is 3. The summed E-state index contributed by atoms with van der Waals surface area (Å²) in [5, 5.41) is 0. The van der Waals surface area contributed by atoms with Gasteiger partial charge >= 0.3 is 0 Å². The van der Waals surface area contributed by atoms with Crippen molar-refractivity contribution in [3.8, 4) is 0 Å². The molecule has 0 N–H and O–H groups in total. The van der Waals surface area contributed by atoms with Gasteiger partial charge in [-0.05, 0) is 99.2 Å². The molecule has 0 fully saturated rings. The second kappa shape index (κ2) is 7.47. The second-order valence-electron chi connectivity index (χ2n) is 7.28. The lowest BCUT2D eigenvalue weighted by atomic mass is 10.1. The molecule has 3 rings (SSSR count). The van der Waals surface area contributed by atoms with Gasteiger partial charge < -0.3 is 0 Å². The van der Waals surface area contributed by atoms with Gasteiger partial charge in [-0.2, -0.15) is 0 Å². The van der Waals surface area contributed by atoms with Crippen molar-refractivity contribution in [1.82, 2.24) is 0 Å². The van der Waals surface area contributed by atoms with Gasteiger partial charge in [0.1, 0.15) is 11.6 Å². The van der Waals surface area contributed by atoms with Crippen LogP contribution in [0.2, 0.25) is 0 Å². The topological polar surface area (TPSA) is 0 Å². The van der Waals surface area contributed by atoms with Crippen molar-refractivity contribution in [1.29, 1.82) is 0 Å². The van der Waals surface area contributed by atoms with Crippen molar-refractivity contribution in [2.75, 3.05) is 0 Å². The third-order valence-corrected chi connectivity index (χ3v) is 7.47. The minimum atomic E-state index is -0.573. The molecule has 0 bridgehead atoms. The van der Waals surface area contributed by atoms with Gasteiger partial charge in [0.15, 0.2) is 14.7 Å². The van der Waals surface area contributed by atoms with Gasteiger partial charge in [0.2, 0.25) is 0 Å². The van der Waals surface area contributed by atoms with Crippen LogP contribution in [0, 0.1) is 53.2 Å². The monoisotopic (exact) mass is 383 g/mol. The molecule has 3 heteroatoms. The van der Waals surface area contributed by atoms with Gasteiger partial charge in [0.25, 0.3) is 0 Å². The molecule has 0 radical (unpaired) electrons. The Morgan fingerprint density at radius 3 is 1.11 bits per heavy atom. The van der Waals surface area contributed by atoms with E-state index in [9.17, 15) is 8.78 Å². The Hall–Kier alpha value is -2.13. The second-order valence-corrected chi connectivity index (χ2v) is 9.30. The molecule has 0 saturated carbocycles. The summed E-state index contributed by atoms with van der Waals surface area (Å²) in [4.78, 5) is 2.84. The van der Waals surface area contributed by atoms with Gasteiger partial charge in [-0.1, -0.05) is 0 Å². The third kappa shape index (κ3) is 3.93. The number of hydrogen-bond donors (Lipinski definition) is 0. The molecule has 0 atom stereocenters.